The summed E-state index contributed by atoms with van der Waals surface area (Å²) in [5.41, 5.74) is -1.40. The lowest BCUT2D eigenvalue weighted by Gasteiger charge is -1.99. The van der Waals surface area contributed by atoms with Crippen LogP contribution in [0.3, 0.4) is 0 Å². The van der Waals surface area contributed by atoms with Gasteiger partial charge in [0.1, 0.15) is 11.6 Å². The number of nitro benzene ring substituents is 1. The molecule has 0 spiro atoms. The molecule has 0 heterocycles. The average Bonchev–Trinajstić information content (AvgIpc) is 2.14. The smallest absolute Gasteiger partial charge is 0.328 e. The van der Waals surface area contributed by atoms with Crippen molar-refractivity contribution in [2.45, 2.75) is 0 Å². The lowest BCUT2D eigenvalue weighted by molar-refractivity contribution is -0.385. The summed E-state index contributed by atoms with van der Waals surface area (Å²) in [4.78, 5) is 19.6. The molecule has 0 aliphatic carbocycles. The summed E-state index contributed by atoms with van der Waals surface area (Å²) in [6, 6.07) is 0.957. The van der Waals surface area contributed by atoms with Gasteiger partial charge in [-0.1, -0.05) is 0 Å². The number of carboxylic acids is 1. The molecule has 1 N–H and O–H groups in total. The molecule has 0 saturated heterocycles. The number of carboxylic acid groups (broad SMARTS) is 1. The maximum atomic E-state index is 13.1. The van der Waals surface area contributed by atoms with Crippen LogP contribution in [-0.4, -0.2) is 16.0 Å². The van der Waals surface area contributed by atoms with Gasteiger partial charge in [-0.2, -0.15) is 0 Å². The van der Waals surface area contributed by atoms with Crippen LogP contribution in [0.5, 0.6) is 0 Å². The van der Waals surface area contributed by atoms with Gasteiger partial charge in [0.2, 0.25) is 0 Å². The Morgan fingerprint density at radius 2 is 2.06 bits per heavy atom. The molecule has 0 unspecified atom stereocenters. The van der Waals surface area contributed by atoms with Crippen LogP contribution < -0.4 is 0 Å². The van der Waals surface area contributed by atoms with Crippen LogP contribution in [0.1, 0.15) is 5.56 Å². The SMILES string of the molecule is O=C(O)/C=C/c1c(F)cc(F)cc1[N+](=O)[O-]. The fourth-order valence-electron chi connectivity index (χ4n) is 1.04. The van der Waals surface area contributed by atoms with Crippen molar-refractivity contribution in [3.8, 4) is 0 Å². The molecular weight excluding hydrogens is 224 g/mol. The van der Waals surface area contributed by atoms with Gasteiger partial charge in [-0.05, 0) is 6.08 Å². The van der Waals surface area contributed by atoms with Gasteiger partial charge < -0.3 is 5.11 Å². The second-order valence-electron chi connectivity index (χ2n) is 2.75. The average molecular weight is 229 g/mol. The van der Waals surface area contributed by atoms with Crippen molar-refractivity contribution in [2.75, 3.05) is 0 Å². The van der Waals surface area contributed by atoms with Gasteiger partial charge in [0, 0.05) is 12.1 Å². The molecule has 0 aliphatic heterocycles. The van der Waals surface area contributed by atoms with Gasteiger partial charge in [0.05, 0.1) is 16.6 Å². The van der Waals surface area contributed by atoms with Crippen molar-refractivity contribution in [1.29, 1.82) is 0 Å². The zero-order valence-electron chi connectivity index (χ0n) is 7.68. The quantitative estimate of drug-likeness (QED) is 0.488. The van der Waals surface area contributed by atoms with Gasteiger partial charge >= 0.3 is 5.97 Å². The molecule has 0 atom stereocenters. The third kappa shape index (κ3) is 2.59. The van der Waals surface area contributed by atoms with Crippen LogP contribution in [-0.2, 0) is 4.79 Å². The largest absolute Gasteiger partial charge is 0.478 e. The highest BCUT2D eigenvalue weighted by Gasteiger charge is 2.18. The van der Waals surface area contributed by atoms with Crippen molar-refractivity contribution < 1.29 is 23.6 Å². The summed E-state index contributed by atoms with van der Waals surface area (Å²) in [5, 5.41) is 18.8. The fraction of sp³-hybridized carbons (Fsp3) is 0. The van der Waals surface area contributed by atoms with Crippen LogP contribution in [0.15, 0.2) is 18.2 Å². The number of nitrogens with zero attached hydrogens (tertiary/aromatic N) is 1. The number of benzene rings is 1. The molecule has 0 bridgehead atoms. The van der Waals surface area contributed by atoms with E-state index in [4.69, 9.17) is 5.11 Å². The van der Waals surface area contributed by atoms with E-state index in [1.165, 1.54) is 0 Å². The van der Waals surface area contributed by atoms with Crippen LogP contribution >= 0.6 is 0 Å². The van der Waals surface area contributed by atoms with Crippen molar-refractivity contribution in [3.05, 3.63) is 45.5 Å². The zero-order valence-corrected chi connectivity index (χ0v) is 7.68. The molecular formula is C9H5F2NO4. The Morgan fingerprint density at radius 3 is 2.56 bits per heavy atom. The van der Waals surface area contributed by atoms with Crippen LogP contribution in [0.25, 0.3) is 6.08 Å². The summed E-state index contributed by atoms with van der Waals surface area (Å²) in [6.45, 7) is 0. The number of hydrogen-bond donors (Lipinski definition) is 1. The van der Waals surface area contributed by atoms with Crippen LogP contribution in [0, 0.1) is 21.7 Å². The first-order chi connectivity index (χ1) is 7.41. The Kier molecular flexibility index (Phi) is 3.29. The maximum absolute atomic E-state index is 13.1. The lowest BCUT2D eigenvalue weighted by atomic mass is 10.1. The second-order valence-corrected chi connectivity index (χ2v) is 2.75. The standard InChI is InChI=1S/C9H5F2NO4/c10-5-3-7(11)6(1-2-9(13)14)8(4-5)12(15)16/h1-4H,(H,13,14)/b2-1+. The van der Waals surface area contributed by atoms with Crippen LogP contribution in [0.2, 0.25) is 0 Å². The third-order valence-corrected chi connectivity index (χ3v) is 1.66. The van der Waals surface area contributed by atoms with E-state index >= 15 is 0 Å². The van der Waals surface area contributed by atoms with Crippen LogP contribution in [0.4, 0.5) is 14.5 Å². The maximum Gasteiger partial charge on any atom is 0.328 e. The number of nitro groups is 1. The van der Waals surface area contributed by atoms with Gasteiger partial charge in [0.15, 0.2) is 0 Å². The van der Waals surface area contributed by atoms with E-state index in [1.54, 1.807) is 0 Å². The summed E-state index contributed by atoms with van der Waals surface area (Å²) in [6.07, 6.45) is 1.23. The first-order valence-electron chi connectivity index (χ1n) is 3.96. The van der Waals surface area contributed by atoms with Crippen molar-refractivity contribution >= 4 is 17.7 Å². The molecule has 84 valence electrons. The summed E-state index contributed by atoms with van der Waals surface area (Å²) in [7, 11) is 0. The van der Waals surface area contributed by atoms with Gasteiger partial charge in [-0.3, -0.25) is 10.1 Å². The molecule has 0 saturated carbocycles. The Morgan fingerprint density at radius 1 is 1.44 bits per heavy atom. The molecule has 0 amide bonds. The topological polar surface area (TPSA) is 80.4 Å². The van der Waals surface area contributed by atoms with Gasteiger partial charge in [-0.25, -0.2) is 13.6 Å². The number of hydrogen-bond acceptors (Lipinski definition) is 3. The molecule has 0 aliphatic rings. The zero-order chi connectivity index (χ0) is 12.3. The summed E-state index contributed by atoms with van der Waals surface area (Å²) in [5.74, 6) is -3.68. The fourth-order valence-corrected chi connectivity index (χ4v) is 1.04. The number of aliphatic carboxylic acids is 1. The molecule has 7 heteroatoms. The molecule has 16 heavy (non-hydrogen) atoms. The Labute approximate surface area is 87.8 Å². The highest BCUT2D eigenvalue weighted by Crippen LogP contribution is 2.24. The van der Waals surface area contributed by atoms with E-state index in [0.29, 0.717) is 24.3 Å². The predicted octanol–water partition coefficient (Wildman–Crippen LogP) is 1.97. The Hall–Kier alpha value is -2.31. The minimum atomic E-state index is -1.39. The van der Waals surface area contributed by atoms with Gasteiger partial charge in [-0.15, -0.1) is 0 Å². The second kappa shape index (κ2) is 4.47. The minimum Gasteiger partial charge on any atom is -0.478 e. The molecule has 5 nitrogen and oxygen atoms in total. The molecule has 1 aromatic carbocycles. The number of carbonyl (C=O) groups is 1. The Balaban J connectivity index is 3.35. The summed E-state index contributed by atoms with van der Waals surface area (Å²) >= 11 is 0. The number of halogens is 2. The van der Waals surface area contributed by atoms with Crippen molar-refractivity contribution in [2.24, 2.45) is 0 Å². The van der Waals surface area contributed by atoms with Gasteiger partial charge in [0.25, 0.3) is 5.69 Å². The van der Waals surface area contributed by atoms with E-state index in [9.17, 15) is 23.7 Å². The first-order valence-corrected chi connectivity index (χ1v) is 3.96. The monoisotopic (exact) mass is 229 g/mol. The molecule has 1 aromatic rings. The lowest BCUT2D eigenvalue weighted by Crippen LogP contribution is -1.97. The summed E-state index contributed by atoms with van der Waals surface area (Å²) < 4.78 is 25.8. The highest BCUT2D eigenvalue weighted by atomic mass is 19.1. The van der Waals surface area contributed by atoms with E-state index in [0.717, 1.165) is 0 Å². The molecule has 1 rings (SSSR count). The Bertz CT molecular complexity index is 485. The highest BCUT2D eigenvalue weighted by molar-refractivity contribution is 5.86. The van der Waals surface area contributed by atoms with E-state index in [2.05, 4.69) is 0 Å². The first kappa shape index (κ1) is 11.8. The van der Waals surface area contributed by atoms with E-state index < -0.39 is 33.8 Å². The molecule has 0 fully saturated rings. The normalized spacial score (nSPS) is 10.6. The molecule has 0 radical (unpaired) electrons. The predicted molar refractivity (Wildman–Crippen MR) is 49.7 cm³/mol. The minimum absolute atomic E-state index is 0.439. The molecule has 0 aromatic heterocycles. The number of rotatable bonds is 3. The van der Waals surface area contributed by atoms with Crippen molar-refractivity contribution in [3.63, 3.8) is 0 Å². The van der Waals surface area contributed by atoms with E-state index in [-0.39, 0.29) is 0 Å². The van der Waals surface area contributed by atoms with E-state index in [1.807, 2.05) is 0 Å². The third-order valence-electron chi connectivity index (χ3n) is 1.66. The van der Waals surface area contributed by atoms with Crippen molar-refractivity contribution in [1.82, 2.24) is 0 Å².